The van der Waals surface area contributed by atoms with Crippen LogP contribution in [0.4, 0.5) is 5.69 Å². The van der Waals surface area contributed by atoms with E-state index in [4.69, 9.17) is 23.2 Å². The predicted octanol–water partition coefficient (Wildman–Crippen LogP) is 5.12. The molecule has 0 aliphatic carbocycles. The number of carbonyl (C=O) groups excluding carboxylic acids is 1. The average molecular weight is 321 g/mol. The Bertz CT molecular complexity index is 669. The van der Waals surface area contributed by atoms with Gasteiger partial charge in [0, 0.05) is 17.6 Å². The number of nitrogens with zero attached hydrogens (tertiary/aromatic N) is 2. The first-order chi connectivity index (χ1) is 10.1. The summed E-state index contributed by atoms with van der Waals surface area (Å²) < 4.78 is 0. The number of hydrogen-bond donors (Lipinski definition) is 0. The summed E-state index contributed by atoms with van der Waals surface area (Å²) in [5.74, 6) is -0.0349. The van der Waals surface area contributed by atoms with Crippen molar-refractivity contribution in [2.45, 2.75) is 19.8 Å². The van der Waals surface area contributed by atoms with E-state index < -0.39 is 0 Å². The molecule has 0 radical (unpaired) electrons. The third-order valence-electron chi connectivity index (χ3n) is 2.81. The van der Waals surface area contributed by atoms with Gasteiger partial charge < -0.3 is 0 Å². The Morgan fingerprint density at radius 2 is 2.14 bits per heavy atom. The van der Waals surface area contributed by atoms with Gasteiger partial charge in [-0.15, -0.1) is 0 Å². The number of hydrogen-bond acceptors (Lipinski definition) is 3. The van der Waals surface area contributed by atoms with E-state index in [1.807, 2.05) is 25.1 Å². The molecule has 0 atom stereocenters. The van der Waals surface area contributed by atoms with Crippen LogP contribution >= 0.6 is 23.2 Å². The van der Waals surface area contributed by atoms with Crippen LogP contribution in [0.25, 0.3) is 0 Å². The summed E-state index contributed by atoms with van der Waals surface area (Å²) in [5.41, 5.74) is 1.58. The van der Waals surface area contributed by atoms with Crippen molar-refractivity contribution in [3.8, 4) is 0 Å². The second-order valence-corrected chi connectivity index (χ2v) is 5.31. The Morgan fingerprint density at radius 1 is 1.33 bits per heavy atom. The highest BCUT2D eigenvalue weighted by Gasteiger charge is 2.15. The number of aliphatic imine (C=N–C) groups is 1. The molecule has 0 N–H and O–H groups in total. The van der Waals surface area contributed by atoms with Crippen LogP contribution in [0.1, 0.15) is 35.8 Å². The first-order valence-corrected chi connectivity index (χ1v) is 7.34. The van der Waals surface area contributed by atoms with Crippen LogP contribution in [0.15, 0.2) is 41.5 Å². The number of Topliss-reactive ketones (excluding diaryl/α,β-unsaturated/α-hetero) is 1. The molecule has 0 saturated heterocycles. The first-order valence-electron chi connectivity index (χ1n) is 6.59. The number of rotatable bonds is 5. The van der Waals surface area contributed by atoms with Gasteiger partial charge in [-0.05, 0) is 30.7 Å². The lowest BCUT2D eigenvalue weighted by atomic mass is 10.0. The molecule has 3 nitrogen and oxygen atoms in total. The van der Waals surface area contributed by atoms with Gasteiger partial charge in [-0.25, -0.2) is 0 Å². The molecule has 1 aromatic heterocycles. The molecule has 2 aromatic rings. The first kappa shape index (κ1) is 15.7. The fraction of sp³-hybridized carbons (Fsp3) is 0.188. The van der Waals surface area contributed by atoms with E-state index >= 15 is 0 Å². The van der Waals surface area contributed by atoms with E-state index in [-0.39, 0.29) is 5.78 Å². The highest BCUT2D eigenvalue weighted by Crippen LogP contribution is 2.32. The molecule has 0 bridgehead atoms. The molecule has 0 unspecified atom stereocenters. The zero-order valence-corrected chi connectivity index (χ0v) is 13.0. The van der Waals surface area contributed by atoms with Crippen molar-refractivity contribution in [1.82, 2.24) is 4.98 Å². The van der Waals surface area contributed by atoms with Crippen molar-refractivity contribution < 1.29 is 4.79 Å². The number of ketones is 1. The van der Waals surface area contributed by atoms with Crippen molar-refractivity contribution >= 4 is 40.9 Å². The molecular weight excluding hydrogens is 307 g/mol. The predicted molar refractivity (Wildman–Crippen MR) is 87.2 cm³/mol. The van der Waals surface area contributed by atoms with Gasteiger partial charge in [0.15, 0.2) is 5.78 Å². The fourth-order valence-electron chi connectivity index (χ4n) is 1.88. The number of benzene rings is 1. The van der Waals surface area contributed by atoms with Crippen molar-refractivity contribution in [2.24, 2.45) is 4.99 Å². The van der Waals surface area contributed by atoms with Gasteiger partial charge in [0.25, 0.3) is 0 Å². The quantitative estimate of drug-likeness (QED) is 0.566. The lowest BCUT2D eigenvalue weighted by molar-refractivity contribution is 0.0982. The molecule has 0 aliphatic rings. The standard InChI is InChI=1S/C16H14Cl2N2O/c1-2-5-15(21)16-13(18)8-11(17)9-14(16)20-10-12-6-3-4-7-19-12/h3-4,6-10H,2,5H2,1H3. The molecule has 0 saturated carbocycles. The molecule has 21 heavy (non-hydrogen) atoms. The second-order valence-electron chi connectivity index (χ2n) is 4.47. The Kier molecular flexibility index (Phi) is 5.48. The molecule has 0 fully saturated rings. The van der Waals surface area contributed by atoms with Gasteiger partial charge in [-0.2, -0.15) is 0 Å². The summed E-state index contributed by atoms with van der Waals surface area (Å²) in [4.78, 5) is 20.7. The van der Waals surface area contributed by atoms with Gasteiger partial charge in [0.05, 0.1) is 28.2 Å². The summed E-state index contributed by atoms with van der Waals surface area (Å²) in [6, 6.07) is 8.71. The summed E-state index contributed by atoms with van der Waals surface area (Å²) in [6.45, 7) is 1.94. The summed E-state index contributed by atoms with van der Waals surface area (Å²) in [5, 5.41) is 0.773. The Morgan fingerprint density at radius 3 is 2.81 bits per heavy atom. The molecule has 108 valence electrons. The van der Waals surface area contributed by atoms with Crippen LogP contribution in [0, 0.1) is 0 Å². The summed E-state index contributed by atoms with van der Waals surface area (Å²) >= 11 is 12.2. The molecule has 2 rings (SSSR count). The maximum absolute atomic E-state index is 12.2. The number of halogens is 2. The van der Waals surface area contributed by atoms with Crippen LogP contribution in [-0.4, -0.2) is 17.0 Å². The van der Waals surface area contributed by atoms with Crippen molar-refractivity contribution in [3.05, 3.63) is 57.8 Å². The van der Waals surface area contributed by atoms with Crippen LogP contribution in [0.5, 0.6) is 0 Å². The lowest BCUT2D eigenvalue weighted by Gasteiger charge is -2.07. The molecule has 0 spiro atoms. The van der Waals surface area contributed by atoms with E-state index in [0.717, 1.165) is 6.42 Å². The minimum absolute atomic E-state index is 0.0349. The molecule has 5 heteroatoms. The SMILES string of the molecule is CCCC(=O)c1c(Cl)cc(Cl)cc1N=Cc1ccccn1. The van der Waals surface area contributed by atoms with E-state index in [0.29, 0.717) is 33.4 Å². The van der Waals surface area contributed by atoms with Gasteiger partial charge >= 0.3 is 0 Å². The second kappa shape index (κ2) is 7.34. The highest BCUT2D eigenvalue weighted by molar-refractivity contribution is 6.37. The van der Waals surface area contributed by atoms with Gasteiger partial charge in [0.1, 0.15) is 0 Å². The number of aromatic nitrogens is 1. The van der Waals surface area contributed by atoms with E-state index in [1.165, 1.54) is 0 Å². The Balaban J connectivity index is 2.42. The summed E-state index contributed by atoms with van der Waals surface area (Å²) in [7, 11) is 0. The number of carbonyl (C=O) groups is 1. The topological polar surface area (TPSA) is 42.3 Å². The average Bonchev–Trinajstić information content (AvgIpc) is 2.45. The van der Waals surface area contributed by atoms with Crippen LogP contribution in [0.3, 0.4) is 0 Å². The van der Waals surface area contributed by atoms with Crippen molar-refractivity contribution in [1.29, 1.82) is 0 Å². The Labute approximate surface area is 133 Å². The van der Waals surface area contributed by atoms with E-state index in [9.17, 15) is 4.79 Å². The Hall–Kier alpha value is -1.71. The lowest BCUT2D eigenvalue weighted by Crippen LogP contribution is -2.00. The highest BCUT2D eigenvalue weighted by atomic mass is 35.5. The molecule has 0 amide bonds. The maximum atomic E-state index is 12.2. The van der Waals surface area contributed by atoms with Crippen LogP contribution in [0.2, 0.25) is 10.0 Å². The normalized spacial score (nSPS) is 11.0. The van der Waals surface area contributed by atoms with Crippen LogP contribution in [-0.2, 0) is 0 Å². The molecular formula is C16H14Cl2N2O. The third kappa shape index (κ3) is 4.13. The van der Waals surface area contributed by atoms with E-state index in [1.54, 1.807) is 24.5 Å². The zero-order valence-electron chi connectivity index (χ0n) is 11.5. The minimum atomic E-state index is -0.0349. The van der Waals surface area contributed by atoms with Crippen molar-refractivity contribution in [2.75, 3.05) is 0 Å². The van der Waals surface area contributed by atoms with Gasteiger partial charge in [0.2, 0.25) is 0 Å². The van der Waals surface area contributed by atoms with E-state index in [2.05, 4.69) is 9.98 Å². The smallest absolute Gasteiger partial charge is 0.166 e. The van der Waals surface area contributed by atoms with Crippen LogP contribution < -0.4 is 0 Å². The minimum Gasteiger partial charge on any atom is -0.294 e. The number of pyridine rings is 1. The maximum Gasteiger partial charge on any atom is 0.166 e. The van der Waals surface area contributed by atoms with Crippen molar-refractivity contribution in [3.63, 3.8) is 0 Å². The van der Waals surface area contributed by atoms with Gasteiger partial charge in [-0.3, -0.25) is 14.8 Å². The van der Waals surface area contributed by atoms with Gasteiger partial charge in [-0.1, -0.05) is 36.2 Å². The monoisotopic (exact) mass is 320 g/mol. The third-order valence-corrected chi connectivity index (χ3v) is 3.33. The molecule has 0 aliphatic heterocycles. The molecule has 1 aromatic carbocycles. The fourth-order valence-corrected chi connectivity index (χ4v) is 2.47. The molecule has 1 heterocycles. The largest absolute Gasteiger partial charge is 0.294 e. The summed E-state index contributed by atoms with van der Waals surface area (Å²) in [6.07, 6.45) is 4.44. The zero-order chi connectivity index (χ0) is 15.2.